The molecule has 0 fully saturated rings. The molecule has 0 saturated carbocycles. The molecule has 0 saturated heterocycles. The van der Waals surface area contributed by atoms with Crippen molar-refractivity contribution in [2.75, 3.05) is 5.32 Å². The van der Waals surface area contributed by atoms with E-state index < -0.39 is 24.1 Å². The maximum atomic E-state index is 14.6. The molecule has 0 aliphatic heterocycles. The number of hydrogen-bond acceptors (Lipinski definition) is 5. The Balaban J connectivity index is 1.51. The van der Waals surface area contributed by atoms with Crippen LogP contribution in [-0.4, -0.2) is 30.9 Å². The predicted octanol–water partition coefficient (Wildman–Crippen LogP) is 7.85. The number of carbonyl (C=O) groups excluding carboxylic acids is 1. The minimum atomic E-state index is -1.05. The largest absolute Gasteiger partial charge is 0.390 e. The summed E-state index contributed by atoms with van der Waals surface area (Å²) in [5.41, 5.74) is 4.34. The maximum Gasteiger partial charge on any atom is 0.320 e. The van der Waals surface area contributed by atoms with Crippen LogP contribution < -0.4 is 10.6 Å². The lowest BCUT2D eigenvalue weighted by Crippen LogP contribution is -2.38. The van der Waals surface area contributed by atoms with Gasteiger partial charge in [-0.2, -0.15) is 9.49 Å². The van der Waals surface area contributed by atoms with Gasteiger partial charge in [0.2, 0.25) is 5.95 Å². The van der Waals surface area contributed by atoms with E-state index in [0.29, 0.717) is 22.2 Å². The molecular formula is C40H33FN6O2. The first-order chi connectivity index (χ1) is 24.0. The standard InChI is InChI=1S/C40H33FN6O2/c1-27(28-14-6-2-7-15-28)43-39(49)45-36-25-34-37(33(26-48)44-36)38(29-22-23-42-35(41)24-29)46-47(34)40(30-16-8-3-9-17-30,31-18-10-4-11-19-31)32-20-12-5-13-21-32/h2-25,27,48H,26H2,1H3,(H2,43,44,45,49). The number of aromatic nitrogens is 4. The average Bonchev–Trinajstić information content (AvgIpc) is 3.53. The number of benzene rings is 4. The van der Waals surface area contributed by atoms with E-state index in [0.717, 1.165) is 22.3 Å². The monoisotopic (exact) mass is 648 g/mol. The summed E-state index contributed by atoms with van der Waals surface area (Å²) >= 11 is 0. The van der Waals surface area contributed by atoms with Crippen molar-refractivity contribution in [2.24, 2.45) is 0 Å². The van der Waals surface area contributed by atoms with E-state index in [1.807, 2.05) is 133 Å². The molecule has 49 heavy (non-hydrogen) atoms. The van der Waals surface area contributed by atoms with Crippen molar-refractivity contribution < 1.29 is 14.3 Å². The fraction of sp³-hybridized carbons (Fsp3) is 0.100. The number of aliphatic hydroxyl groups is 1. The molecule has 9 heteroatoms. The maximum absolute atomic E-state index is 14.6. The van der Waals surface area contributed by atoms with Crippen molar-refractivity contribution in [3.05, 3.63) is 180 Å². The Bertz CT molecular complexity index is 2110. The van der Waals surface area contributed by atoms with Gasteiger partial charge in [0.05, 0.1) is 29.2 Å². The third-order valence-corrected chi connectivity index (χ3v) is 8.67. The number of carbonyl (C=O) groups is 1. The molecule has 0 bridgehead atoms. The van der Waals surface area contributed by atoms with E-state index in [-0.39, 0.29) is 17.6 Å². The van der Waals surface area contributed by atoms with Gasteiger partial charge in [0, 0.05) is 23.9 Å². The lowest BCUT2D eigenvalue weighted by Gasteiger charge is -2.37. The number of anilines is 1. The number of urea groups is 1. The van der Waals surface area contributed by atoms with Crippen LogP contribution in [0, 0.1) is 5.95 Å². The van der Waals surface area contributed by atoms with Crippen LogP contribution in [0.4, 0.5) is 15.0 Å². The zero-order valence-electron chi connectivity index (χ0n) is 26.7. The summed E-state index contributed by atoms with van der Waals surface area (Å²) in [6.07, 6.45) is 1.38. The number of fused-ring (bicyclic) bond motifs is 1. The quantitative estimate of drug-likeness (QED) is 0.109. The minimum Gasteiger partial charge on any atom is -0.390 e. The number of nitrogens with zero attached hydrogens (tertiary/aromatic N) is 4. The van der Waals surface area contributed by atoms with E-state index in [1.54, 1.807) is 12.1 Å². The van der Waals surface area contributed by atoms with Gasteiger partial charge < -0.3 is 10.4 Å². The van der Waals surface area contributed by atoms with Gasteiger partial charge in [0.25, 0.3) is 0 Å². The van der Waals surface area contributed by atoms with Crippen molar-refractivity contribution in [3.8, 4) is 11.3 Å². The van der Waals surface area contributed by atoms with Gasteiger partial charge in [0.15, 0.2) is 0 Å². The molecule has 0 radical (unpaired) electrons. The van der Waals surface area contributed by atoms with Gasteiger partial charge in [0.1, 0.15) is 17.1 Å². The molecular weight excluding hydrogens is 615 g/mol. The second-order valence-corrected chi connectivity index (χ2v) is 11.7. The summed E-state index contributed by atoms with van der Waals surface area (Å²) in [5, 5.41) is 22.4. The highest BCUT2D eigenvalue weighted by molar-refractivity contribution is 5.98. The van der Waals surface area contributed by atoms with Gasteiger partial charge >= 0.3 is 6.03 Å². The molecule has 3 N–H and O–H groups in total. The van der Waals surface area contributed by atoms with Crippen LogP contribution in [0.3, 0.4) is 0 Å². The highest BCUT2D eigenvalue weighted by Crippen LogP contribution is 2.44. The van der Waals surface area contributed by atoms with Crippen molar-refractivity contribution in [1.82, 2.24) is 25.1 Å². The third kappa shape index (κ3) is 5.92. The first kappa shape index (κ1) is 31.4. The SMILES string of the molecule is CC(NC(=O)Nc1cc2c(c(CO)n1)c(-c1ccnc(F)c1)nn2C(c1ccccc1)(c1ccccc1)c1ccccc1)c1ccccc1. The molecule has 1 atom stereocenters. The number of amides is 2. The van der Waals surface area contributed by atoms with Gasteiger partial charge in [-0.3, -0.25) is 5.32 Å². The molecule has 0 aliphatic carbocycles. The summed E-state index contributed by atoms with van der Waals surface area (Å²) in [4.78, 5) is 21.8. The van der Waals surface area contributed by atoms with Gasteiger partial charge in [-0.1, -0.05) is 121 Å². The fourth-order valence-electron chi connectivity index (χ4n) is 6.48. The van der Waals surface area contributed by atoms with Gasteiger partial charge in [-0.25, -0.2) is 19.4 Å². The number of hydrogen-bond donors (Lipinski definition) is 3. The minimum absolute atomic E-state index is 0.214. The van der Waals surface area contributed by atoms with E-state index in [1.165, 1.54) is 12.3 Å². The van der Waals surface area contributed by atoms with E-state index in [2.05, 4.69) is 20.6 Å². The predicted molar refractivity (Wildman–Crippen MR) is 188 cm³/mol. The normalized spacial score (nSPS) is 12.1. The molecule has 7 aromatic rings. The zero-order chi connectivity index (χ0) is 33.8. The van der Waals surface area contributed by atoms with Crippen molar-refractivity contribution in [1.29, 1.82) is 0 Å². The summed E-state index contributed by atoms with van der Waals surface area (Å²) in [5.74, 6) is -0.451. The Morgan fingerprint density at radius 3 is 1.90 bits per heavy atom. The Morgan fingerprint density at radius 1 is 0.816 bits per heavy atom. The smallest absolute Gasteiger partial charge is 0.320 e. The summed E-state index contributed by atoms with van der Waals surface area (Å²) in [6, 6.07) is 43.7. The molecule has 8 nitrogen and oxygen atoms in total. The molecule has 0 spiro atoms. The highest BCUT2D eigenvalue weighted by Gasteiger charge is 2.41. The van der Waals surface area contributed by atoms with Crippen LogP contribution in [0.25, 0.3) is 22.2 Å². The second-order valence-electron chi connectivity index (χ2n) is 11.7. The van der Waals surface area contributed by atoms with Crippen LogP contribution in [0.5, 0.6) is 0 Å². The molecule has 3 aromatic heterocycles. The molecule has 2 amide bonds. The number of aliphatic hydroxyl groups excluding tert-OH is 1. The van der Waals surface area contributed by atoms with Crippen molar-refractivity contribution in [3.63, 3.8) is 0 Å². The lowest BCUT2D eigenvalue weighted by molar-refractivity contribution is 0.249. The van der Waals surface area contributed by atoms with E-state index in [9.17, 15) is 14.3 Å². The van der Waals surface area contributed by atoms with E-state index in [4.69, 9.17) is 5.10 Å². The van der Waals surface area contributed by atoms with Crippen LogP contribution in [0.15, 0.2) is 146 Å². The van der Waals surface area contributed by atoms with E-state index >= 15 is 0 Å². The fourth-order valence-corrected chi connectivity index (χ4v) is 6.48. The molecule has 4 aromatic carbocycles. The molecule has 1 unspecified atom stereocenters. The van der Waals surface area contributed by atoms with Crippen molar-refractivity contribution in [2.45, 2.75) is 25.1 Å². The third-order valence-electron chi connectivity index (χ3n) is 8.67. The lowest BCUT2D eigenvalue weighted by atomic mass is 9.77. The number of rotatable bonds is 9. The number of pyridine rings is 2. The van der Waals surface area contributed by atoms with Crippen LogP contribution in [0.1, 0.15) is 40.9 Å². The molecule has 3 heterocycles. The summed E-state index contributed by atoms with van der Waals surface area (Å²) < 4.78 is 16.5. The van der Waals surface area contributed by atoms with Crippen molar-refractivity contribution >= 4 is 22.8 Å². The van der Waals surface area contributed by atoms with Crippen LogP contribution in [-0.2, 0) is 12.1 Å². The topological polar surface area (TPSA) is 105 Å². The van der Waals surface area contributed by atoms with Gasteiger partial charge in [-0.15, -0.1) is 0 Å². The summed E-state index contributed by atoms with van der Waals surface area (Å²) in [7, 11) is 0. The summed E-state index contributed by atoms with van der Waals surface area (Å²) in [6.45, 7) is 1.43. The van der Waals surface area contributed by atoms with Crippen LogP contribution >= 0.6 is 0 Å². The number of nitrogens with one attached hydrogen (secondary N) is 2. The Kier molecular flexibility index (Phi) is 8.66. The zero-order valence-corrected chi connectivity index (χ0v) is 26.7. The second kappa shape index (κ2) is 13.5. The Morgan fingerprint density at radius 2 is 1.37 bits per heavy atom. The first-order valence-electron chi connectivity index (χ1n) is 15.9. The molecule has 0 aliphatic rings. The number of halogens is 1. The highest BCUT2D eigenvalue weighted by atomic mass is 19.1. The average molecular weight is 649 g/mol. The Labute approximate surface area is 282 Å². The van der Waals surface area contributed by atoms with Gasteiger partial charge in [-0.05, 0) is 35.2 Å². The molecule has 7 rings (SSSR count). The Hall–Kier alpha value is -6.19. The first-order valence-corrected chi connectivity index (χ1v) is 15.9. The van der Waals surface area contributed by atoms with Crippen LogP contribution in [0.2, 0.25) is 0 Å². The molecule has 242 valence electrons.